The summed E-state index contributed by atoms with van der Waals surface area (Å²) in [6.45, 7) is 2.50. The first-order valence-corrected chi connectivity index (χ1v) is 3.62. The van der Waals surface area contributed by atoms with Gasteiger partial charge >= 0.3 is 0 Å². The number of carbonyl (C=O) groups excluding carboxylic acids is 1. The van der Waals surface area contributed by atoms with E-state index >= 15 is 0 Å². The molecule has 1 saturated carbocycles. The zero-order valence-electron chi connectivity index (χ0n) is 6.53. The largest absolute Gasteiger partial charge is 0.350 e. The molecule has 0 unspecified atom stereocenters. The lowest BCUT2D eigenvalue weighted by Gasteiger charge is -2.10. The molecule has 1 fully saturated rings. The number of rotatable bonds is 3. The molecule has 1 amide bonds. The molecular formula is C7H14N2O. The van der Waals surface area contributed by atoms with Crippen LogP contribution in [-0.4, -0.2) is 25.0 Å². The van der Waals surface area contributed by atoms with Crippen LogP contribution in [0.1, 0.15) is 19.8 Å². The van der Waals surface area contributed by atoms with Gasteiger partial charge in [0.25, 0.3) is 0 Å². The molecule has 0 aromatic heterocycles. The van der Waals surface area contributed by atoms with Crippen LogP contribution in [0.4, 0.5) is 0 Å². The maximum absolute atomic E-state index is 10.9. The third kappa shape index (κ3) is 1.99. The fourth-order valence-electron chi connectivity index (χ4n) is 0.854. The maximum atomic E-state index is 10.9. The molecule has 1 rings (SSSR count). The van der Waals surface area contributed by atoms with Crippen LogP contribution in [0, 0.1) is 0 Å². The molecule has 0 aromatic carbocycles. The van der Waals surface area contributed by atoms with Crippen molar-refractivity contribution in [3.05, 3.63) is 0 Å². The van der Waals surface area contributed by atoms with Crippen molar-refractivity contribution in [2.24, 2.45) is 0 Å². The van der Waals surface area contributed by atoms with Crippen molar-refractivity contribution >= 4 is 5.91 Å². The van der Waals surface area contributed by atoms with Crippen molar-refractivity contribution in [2.45, 2.75) is 25.3 Å². The zero-order chi connectivity index (χ0) is 7.61. The number of likely N-dealkylation sites (N-methyl/N-ethyl adjacent to an activating group) is 1. The molecule has 0 bridgehead atoms. The molecular weight excluding hydrogens is 128 g/mol. The maximum Gasteiger partial charge on any atom is 0.234 e. The van der Waals surface area contributed by atoms with Crippen LogP contribution < -0.4 is 10.6 Å². The minimum atomic E-state index is 0.0995. The molecule has 0 aromatic rings. The number of amides is 1. The number of hydrogen-bond acceptors (Lipinski definition) is 2. The molecule has 0 heterocycles. The Labute approximate surface area is 61.2 Å². The van der Waals surface area contributed by atoms with Gasteiger partial charge in [0.15, 0.2) is 0 Å². The van der Waals surface area contributed by atoms with Gasteiger partial charge in [-0.3, -0.25) is 4.79 Å². The summed E-state index contributed by atoms with van der Waals surface area (Å²) in [7, 11) is 1.77. The van der Waals surface area contributed by atoms with Gasteiger partial charge in [0.2, 0.25) is 5.91 Å². The van der Waals surface area contributed by atoms with Crippen LogP contribution in [0.25, 0.3) is 0 Å². The predicted octanol–water partition coefficient (Wildman–Crippen LogP) is -0.126. The van der Waals surface area contributed by atoms with Gasteiger partial charge in [-0.2, -0.15) is 0 Å². The van der Waals surface area contributed by atoms with E-state index in [0.29, 0.717) is 6.54 Å². The van der Waals surface area contributed by atoms with Crippen molar-refractivity contribution < 1.29 is 4.79 Å². The normalized spacial score (nSPS) is 20.2. The molecule has 0 spiro atoms. The van der Waals surface area contributed by atoms with Crippen LogP contribution >= 0.6 is 0 Å². The van der Waals surface area contributed by atoms with Crippen LogP contribution in [0.15, 0.2) is 0 Å². The second-order valence-corrected chi connectivity index (χ2v) is 3.14. The summed E-state index contributed by atoms with van der Waals surface area (Å²) in [5.74, 6) is 0.0995. The quantitative estimate of drug-likeness (QED) is 0.576. The van der Waals surface area contributed by atoms with Gasteiger partial charge < -0.3 is 10.6 Å². The second kappa shape index (κ2) is 2.58. The van der Waals surface area contributed by atoms with E-state index in [9.17, 15) is 4.79 Å². The molecule has 0 saturated heterocycles. The first-order chi connectivity index (χ1) is 4.66. The SMILES string of the molecule is CNCC(=O)NC1(C)CC1. The van der Waals surface area contributed by atoms with E-state index in [1.165, 1.54) is 0 Å². The smallest absolute Gasteiger partial charge is 0.234 e. The van der Waals surface area contributed by atoms with Crippen molar-refractivity contribution in [3.63, 3.8) is 0 Å². The molecule has 0 aliphatic heterocycles. The summed E-state index contributed by atoms with van der Waals surface area (Å²) in [6.07, 6.45) is 2.25. The molecule has 10 heavy (non-hydrogen) atoms. The molecule has 3 heteroatoms. The Balaban J connectivity index is 2.18. The molecule has 0 radical (unpaired) electrons. The molecule has 2 N–H and O–H groups in total. The number of nitrogens with one attached hydrogen (secondary N) is 2. The average Bonchev–Trinajstić information content (AvgIpc) is 2.48. The molecule has 3 nitrogen and oxygen atoms in total. The van der Waals surface area contributed by atoms with Crippen molar-refractivity contribution in [2.75, 3.05) is 13.6 Å². The highest BCUT2D eigenvalue weighted by Gasteiger charge is 2.38. The summed E-state index contributed by atoms with van der Waals surface area (Å²) in [4.78, 5) is 10.9. The number of hydrogen-bond donors (Lipinski definition) is 2. The monoisotopic (exact) mass is 142 g/mol. The Bertz CT molecular complexity index is 141. The lowest BCUT2D eigenvalue weighted by atomic mass is 10.3. The van der Waals surface area contributed by atoms with Gasteiger partial charge in [-0.15, -0.1) is 0 Å². The van der Waals surface area contributed by atoms with Crippen molar-refractivity contribution in [3.8, 4) is 0 Å². The Morgan fingerprint density at radius 2 is 2.20 bits per heavy atom. The fourth-order valence-corrected chi connectivity index (χ4v) is 0.854. The summed E-state index contributed by atoms with van der Waals surface area (Å²) in [5, 5.41) is 5.74. The summed E-state index contributed by atoms with van der Waals surface area (Å²) < 4.78 is 0. The highest BCUT2D eigenvalue weighted by Crippen LogP contribution is 2.33. The van der Waals surface area contributed by atoms with Gasteiger partial charge in [0, 0.05) is 5.54 Å². The zero-order valence-corrected chi connectivity index (χ0v) is 6.53. The topological polar surface area (TPSA) is 41.1 Å². The molecule has 0 atom stereocenters. The minimum absolute atomic E-state index is 0.0995. The highest BCUT2D eigenvalue weighted by atomic mass is 16.2. The van der Waals surface area contributed by atoms with Gasteiger partial charge in [0.05, 0.1) is 6.54 Å². The Kier molecular flexibility index (Phi) is 1.94. The molecule has 58 valence electrons. The van der Waals surface area contributed by atoms with Gasteiger partial charge in [-0.25, -0.2) is 0 Å². The third-order valence-electron chi connectivity index (χ3n) is 1.78. The Morgan fingerprint density at radius 3 is 2.60 bits per heavy atom. The van der Waals surface area contributed by atoms with Crippen LogP contribution in [0.2, 0.25) is 0 Å². The van der Waals surface area contributed by atoms with E-state index in [1.54, 1.807) is 7.05 Å². The Hall–Kier alpha value is -0.570. The molecule has 1 aliphatic carbocycles. The molecule has 1 aliphatic rings. The summed E-state index contributed by atoms with van der Waals surface area (Å²) in [5.41, 5.74) is 0.133. The van der Waals surface area contributed by atoms with Crippen LogP contribution in [-0.2, 0) is 4.79 Å². The van der Waals surface area contributed by atoms with Gasteiger partial charge in [-0.1, -0.05) is 0 Å². The highest BCUT2D eigenvalue weighted by molar-refractivity contribution is 5.79. The lowest BCUT2D eigenvalue weighted by molar-refractivity contribution is -0.120. The van der Waals surface area contributed by atoms with E-state index < -0.39 is 0 Å². The minimum Gasteiger partial charge on any atom is -0.350 e. The second-order valence-electron chi connectivity index (χ2n) is 3.14. The van der Waals surface area contributed by atoms with E-state index in [1.807, 2.05) is 0 Å². The van der Waals surface area contributed by atoms with Gasteiger partial charge in [0.1, 0.15) is 0 Å². The Morgan fingerprint density at radius 1 is 1.60 bits per heavy atom. The van der Waals surface area contributed by atoms with Crippen molar-refractivity contribution in [1.82, 2.24) is 10.6 Å². The summed E-state index contributed by atoms with van der Waals surface area (Å²) in [6, 6.07) is 0. The van der Waals surface area contributed by atoms with E-state index in [2.05, 4.69) is 17.6 Å². The van der Waals surface area contributed by atoms with Crippen LogP contribution in [0.3, 0.4) is 0 Å². The summed E-state index contributed by atoms with van der Waals surface area (Å²) >= 11 is 0. The fraction of sp³-hybridized carbons (Fsp3) is 0.857. The third-order valence-corrected chi connectivity index (χ3v) is 1.78. The van der Waals surface area contributed by atoms with Gasteiger partial charge in [-0.05, 0) is 26.8 Å². The first kappa shape index (κ1) is 7.54. The van der Waals surface area contributed by atoms with E-state index in [-0.39, 0.29) is 11.4 Å². The predicted molar refractivity (Wildman–Crippen MR) is 39.7 cm³/mol. The van der Waals surface area contributed by atoms with E-state index in [4.69, 9.17) is 0 Å². The standard InChI is InChI=1S/C7H14N2O/c1-7(3-4-7)9-6(10)5-8-2/h8H,3-5H2,1-2H3,(H,9,10). The van der Waals surface area contributed by atoms with E-state index in [0.717, 1.165) is 12.8 Å². The lowest BCUT2D eigenvalue weighted by Crippen LogP contribution is -2.39. The average molecular weight is 142 g/mol. The number of carbonyl (C=O) groups is 1. The first-order valence-electron chi connectivity index (χ1n) is 3.62. The van der Waals surface area contributed by atoms with Crippen LogP contribution in [0.5, 0.6) is 0 Å². The van der Waals surface area contributed by atoms with Crippen molar-refractivity contribution in [1.29, 1.82) is 0 Å².